The zero-order valence-corrected chi connectivity index (χ0v) is 9.88. The van der Waals surface area contributed by atoms with E-state index in [1.54, 1.807) is 14.0 Å². The number of carbonyl (C=O) groups excluding carboxylic acids is 1. The average Bonchev–Trinajstić information content (AvgIpc) is 2.29. The topological polar surface area (TPSA) is 79.0 Å². The van der Waals surface area contributed by atoms with Crippen LogP contribution in [0.25, 0.3) is 0 Å². The maximum Gasteiger partial charge on any atom is 0.267 e. The molecule has 0 saturated heterocycles. The summed E-state index contributed by atoms with van der Waals surface area (Å²) in [6, 6.07) is 3.38. The minimum atomic E-state index is -0.299. The molecule has 1 aromatic rings. The van der Waals surface area contributed by atoms with E-state index in [9.17, 15) is 9.59 Å². The molecule has 0 fully saturated rings. The number of aromatic nitrogens is 2. The summed E-state index contributed by atoms with van der Waals surface area (Å²) in [4.78, 5) is 24.6. The highest BCUT2D eigenvalue weighted by atomic mass is 16.2. The van der Waals surface area contributed by atoms with E-state index in [1.165, 1.54) is 17.2 Å². The minimum Gasteiger partial charge on any atom is -0.343 e. The molecule has 0 unspecified atom stereocenters. The lowest BCUT2D eigenvalue weighted by atomic mass is 10.3. The van der Waals surface area contributed by atoms with Crippen LogP contribution in [0.15, 0.2) is 17.1 Å². The molecular formula is C11H14N4O2. The second kappa shape index (κ2) is 5.80. The van der Waals surface area contributed by atoms with E-state index in [2.05, 4.69) is 5.10 Å². The number of nitrogens with zero attached hydrogens (tertiary/aromatic N) is 4. The van der Waals surface area contributed by atoms with Crippen molar-refractivity contribution in [1.82, 2.24) is 14.7 Å². The molecule has 0 spiro atoms. The SMILES string of the molecule is Cc1cnn(CC(=O)N(C)CCC#N)c(=O)c1. The smallest absolute Gasteiger partial charge is 0.267 e. The zero-order valence-electron chi connectivity index (χ0n) is 9.88. The predicted molar refractivity (Wildman–Crippen MR) is 61.1 cm³/mol. The molecule has 0 aliphatic heterocycles. The van der Waals surface area contributed by atoms with Crippen molar-refractivity contribution in [3.63, 3.8) is 0 Å². The highest BCUT2D eigenvalue weighted by Crippen LogP contribution is 1.91. The van der Waals surface area contributed by atoms with Crippen molar-refractivity contribution in [2.45, 2.75) is 19.9 Å². The van der Waals surface area contributed by atoms with Gasteiger partial charge in [-0.1, -0.05) is 0 Å². The number of aryl methyl sites for hydroxylation is 1. The Morgan fingerprint density at radius 2 is 2.35 bits per heavy atom. The van der Waals surface area contributed by atoms with E-state index in [0.29, 0.717) is 6.54 Å². The van der Waals surface area contributed by atoms with Crippen LogP contribution < -0.4 is 5.56 Å². The van der Waals surface area contributed by atoms with Gasteiger partial charge in [0.25, 0.3) is 5.56 Å². The summed E-state index contributed by atoms with van der Waals surface area (Å²) in [5.74, 6) is -0.237. The Hall–Kier alpha value is -2.16. The van der Waals surface area contributed by atoms with Crippen LogP contribution in [0.3, 0.4) is 0 Å². The Labute approximate surface area is 99.1 Å². The van der Waals surface area contributed by atoms with Gasteiger partial charge >= 0.3 is 0 Å². The molecular weight excluding hydrogens is 220 g/mol. The Balaban J connectivity index is 2.68. The summed E-state index contributed by atoms with van der Waals surface area (Å²) < 4.78 is 1.11. The molecule has 1 rings (SSSR count). The molecule has 0 bridgehead atoms. The van der Waals surface area contributed by atoms with Crippen molar-refractivity contribution in [2.75, 3.05) is 13.6 Å². The lowest BCUT2D eigenvalue weighted by Crippen LogP contribution is -2.35. The van der Waals surface area contributed by atoms with Crippen molar-refractivity contribution in [3.05, 3.63) is 28.2 Å². The van der Waals surface area contributed by atoms with Gasteiger partial charge in [0.1, 0.15) is 6.54 Å². The van der Waals surface area contributed by atoms with Crippen molar-refractivity contribution in [2.24, 2.45) is 0 Å². The second-order valence-corrected chi connectivity index (χ2v) is 3.75. The molecule has 0 aromatic carbocycles. The number of hydrogen-bond acceptors (Lipinski definition) is 4. The van der Waals surface area contributed by atoms with Crippen molar-refractivity contribution >= 4 is 5.91 Å². The van der Waals surface area contributed by atoms with E-state index in [0.717, 1.165) is 10.2 Å². The molecule has 0 aliphatic carbocycles. The van der Waals surface area contributed by atoms with Crippen molar-refractivity contribution in [3.8, 4) is 6.07 Å². The lowest BCUT2D eigenvalue weighted by molar-refractivity contribution is -0.130. The molecule has 1 heterocycles. The molecule has 0 N–H and O–H groups in total. The van der Waals surface area contributed by atoms with Crippen molar-refractivity contribution in [1.29, 1.82) is 5.26 Å². The van der Waals surface area contributed by atoms with Crippen LogP contribution in [-0.2, 0) is 11.3 Å². The van der Waals surface area contributed by atoms with Gasteiger partial charge in [0.05, 0.1) is 18.7 Å². The Morgan fingerprint density at radius 3 is 2.94 bits per heavy atom. The fourth-order valence-electron chi connectivity index (χ4n) is 1.23. The van der Waals surface area contributed by atoms with Gasteiger partial charge in [-0.2, -0.15) is 10.4 Å². The van der Waals surface area contributed by atoms with Crippen LogP contribution >= 0.6 is 0 Å². The number of hydrogen-bond donors (Lipinski definition) is 0. The van der Waals surface area contributed by atoms with Crippen LogP contribution in [0, 0.1) is 18.3 Å². The third-order valence-electron chi connectivity index (χ3n) is 2.28. The first kappa shape index (κ1) is 12.9. The molecule has 1 aromatic heterocycles. The monoisotopic (exact) mass is 234 g/mol. The summed E-state index contributed by atoms with van der Waals surface area (Å²) in [6.07, 6.45) is 1.81. The molecule has 90 valence electrons. The fraction of sp³-hybridized carbons (Fsp3) is 0.455. The average molecular weight is 234 g/mol. The van der Waals surface area contributed by atoms with Gasteiger partial charge in [0.15, 0.2) is 0 Å². The molecule has 6 nitrogen and oxygen atoms in total. The predicted octanol–water partition coefficient (Wildman–Crippen LogP) is -0.0762. The molecule has 0 radical (unpaired) electrons. The van der Waals surface area contributed by atoms with Gasteiger partial charge < -0.3 is 4.90 Å². The van der Waals surface area contributed by atoms with Crippen LogP contribution in [0.5, 0.6) is 0 Å². The molecule has 0 atom stereocenters. The van der Waals surface area contributed by atoms with E-state index in [1.807, 2.05) is 6.07 Å². The van der Waals surface area contributed by atoms with Crippen LogP contribution in [0.1, 0.15) is 12.0 Å². The summed E-state index contributed by atoms with van der Waals surface area (Å²) in [7, 11) is 1.60. The van der Waals surface area contributed by atoms with E-state index >= 15 is 0 Å². The summed E-state index contributed by atoms with van der Waals surface area (Å²) in [5, 5.41) is 12.3. The Bertz CT molecular complexity index is 501. The minimum absolute atomic E-state index is 0.0962. The first-order valence-corrected chi connectivity index (χ1v) is 5.19. The first-order valence-electron chi connectivity index (χ1n) is 5.19. The Morgan fingerprint density at radius 1 is 1.65 bits per heavy atom. The van der Waals surface area contributed by atoms with Crippen LogP contribution in [0.2, 0.25) is 0 Å². The fourth-order valence-corrected chi connectivity index (χ4v) is 1.23. The van der Waals surface area contributed by atoms with Gasteiger partial charge in [-0.15, -0.1) is 0 Å². The summed E-state index contributed by atoms with van der Waals surface area (Å²) in [5.41, 5.74) is 0.462. The number of carbonyl (C=O) groups is 1. The van der Waals surface area contributed by atoms with Gasteiger partial charge in [-0.25, -0.2) is 4.68 Å². The summed E-state index contributed by atoms with van der Waals surface area (Å²) in [6.45, 7) is 2.02. The number of nitriles is 1. The highest BCUT2D eigenvalue weighted by molar-refractivity contribution is 5.75. The highest BCUT2D eigenvalue weighted by Gasteiger charge is 2.10. The Kier molecular flexibility index (Phi) is 4.40. The van der Waals surface area contributed by atoms with E-state index in [4.69, 9.17) is 5.26 Å². The van der Waals surface area contributed by atoms with Crippen LogP contribution in [-0.4, -0.2) is 34.2 Å². The summed E-state index contributed by atoms with van der Waals surface area (Å²) >= 11 is 0. The maximum atomic E-state index is 11.7. The van der Waals surface area contributed by atoms with E-state index < -0.39 is 0 Å². The van der Waals surface area contributed by atoms with Gasteiger partial charge in [-0.05, 0) is 12.5 Å². The second-order valence-electron chi connectivity index (χ2n) is 3.75. The quantitative estimate of drug-likeness (QED) is 0.730. The third kappa shape index (κ3) is 3.72. The van der Waals surface area contributed by atoms with Gasteiger partial charge in [-0.3, -0.25) is 9.59 Å². The van der Waals surface area contributed by atoms with Crippen molar-refractivity contribution < 1.29 is 4.79 Å². The largest absolute Gasteiger partial charge is 0.343 e. The molecule has 0 saturated carbocycles. The molecule has 0 aliphatic rings. The van der Waals surface area contributed by atoms with Gasteiger partial charge in [0, 0.05) is 19.7 Å². The first-order chi connectivity index (χ1) is 8.04. The number of amides is 1. The van der Waals surface area contributed by atoms with Crippen LogP contribution in [0.4, 0.5) is 0 Å². The zero-order chi connectivity index (χ0) is 12.8. The number of likely N-dealkylation sites (N-methyl/N-ethyl adjacent to an activating group) is 1. The van der Waals surface area contributed by atoms with E-state index in [-0.39, 0.29) is 24.4 Å². The maximum absolute atomic E-state index is 11.7. The number of rotatable bonds is 4. The molecule has 1 amide bonds. The van der Waals surface area contributed by atoms with Gasteiger partial charge in [0.2, 0.25) is 5.91 Å². The molecule has 17 heavy (non-hydrogen) atoms. The normalized spacial score (nSPS) is 9.71. The standard InChI is InChI=1S/C11H14N4O2/c1-9-6-10(16)15(13-7-9)8-11(17)14(2)5-3-4-12/h6-7H,3,5,8H2,1-2H3. The molecule has 6 heteroatoms. The lowest BCUT2D eigenvalue weighted by Gasteiger charge is -2.15. The third-order valence-corrected chi connectivity index (χ3v) is 2.28.